The van der Waals surface area contributed by atoms with Gasteiger partial charge in [0.15, 0.2) is 6.10 Å². The molecule has 1 fully saturated rings. The predicted molar refractivity (Wildman–Crippen MR) is 126 cm³/mol. The maximum absolute atomic E-state index is 11.4. The number of fused-ring (bicyclic) bond motifs is 2. The highest BCUT2D eigenvalue weighted by Gasteiger charge is 2.49. The number of aliphatic carboxylic acids is 1. The van der Waals surface area contributed by atoms with Crippen molar-refractivity contribution < 1.29 is 39.4 Å². The second-order valence-corrected chi connectivity index (χ2v) is 9.05. The maximum atomic E-state index is 11.4. The Morgan fingerprint density at radius 1 is 0.941 bits per heavy atom. The number of carboxylic acid groups (broad SMARTS) is 1. The number of hydrogen-bond donors (Lipinski definition) is 4. The predicted octanol–water partition coefficient (Wildman–Crippen LogP) is 1.89. The third-order valence-electron chi connectivity index (χ3n) is 6.16. The average molecular weight is 469 g/mol. The van der Waals surface area contributed by atoms with Gasteiger partial charge in [0.05, 0.1) is 14.1 Å². The van der Waals surface area contributed by atoms with Gasteiger partial charge in [-0.2, -0.15) is 9.48 Å². The van der Waals surface area contributed by atoms with Crippen molar-refractivity contribution in [3.05, 3.63) is 76.9 Å². The Morgan fingerprint density at radius 3 is 2.06 bits per heavy atom. The van der Waals surface area contributed by atoms with Gasteiger partial charge in [-0.3, -0.25) is 0 Å². The Morgan fingerprint density at radius 2 is 1.50 bits per heavy atom. The zero-order valence-corrected chi connectivity index (χ0v) is 19.1. The fraction of sp³-hybridized carbons (Fsp3) is 0.346. The molecule has 0 saturated carbocycles. The molecule has 1 aliphatic carbocycles. The van der Waals surface area contributed by atoms with Crippen LogP contribution in [0.4, 0.5) is 0 Å². The summed E-state index contributed by atoms with van der Waals surface area (Å²) in [6.07, 6.45) is -1.18. The smallest absolute Gasteiger partial charge is 0.335 e. The Kier molecular flexibility index (Phi) is 6.99. The molecule has 0 aromatic heterocycles. The van der Waals surface area contributed by atoms with Crippen molar-refractivity contribution in [3.63, 3.8) is 0 Å². The van der Waals surface area contributed by atoms with Gasteiger partial charge in [0, 0.05) is 6.42 Å². The van der Waals surface area contributed by atoms with E-state index in [1.807, 2.05) is 24.3 Å². The molecular weight excluding hydrogens is 438 g/mol. The summed E-state index contributed by atoms with van der Waals surface area (Å²) in [5.74, 6) is -1.44. The standard InChI is InChI=1S/C26H29NO7/c1-27(2,34-26-23(30)21(28)22(29)24(33-26)25(31)32)15-7-12-20-18-10-5-3-8-16(18)13-14-17-9-4-6-11-19(17)20/h3-6,8-14,21-24,26,28-30H,7,15H2,1-2H3/p+1/t21-,22-,23+,24-,26?/m0/s1. The highest BCUT2D eigenvalue weighted by molar-refractivity contribution is 5.93. The van der Waals surface area contributed by atoms with Crippen LogP contribution in [0.5, 0.6) is 0 Å². The first-order chi connectivity index (χ1) is 16.2. The molecule has 2 aromatic carbocycles. The number of quaternary nitrogens is 1. The van der Waals surface area contributed by atoms with Crippen LogP contribution >= 0.6 is 0 Å². The van der Waals surface area contributed by atoms with Gasteiger partial charge in [-0.25, -0.2) is 4.79 Å². The molecule has 4 rings (SSSR count). The molecule has 8 heteroatoms. The van der Waals surface area contributed by atoms with Crippen LogP contribution in [0.15, 0.2) is 54.6 Å². The molecule has 0 amide bonds. The molecule has 180 valence electrons. The van der Waals surface area contributed by atoms with Crippen LogP contribution in [0.25, 0.3) is 17.7 Å². The van der Waals surface area contributed by atoms with Gasteiger partial charge in [0.25, 0.3) is 0 Å². The van der Waals surface area contributed by atoms with E-state index in [4.69, 9.17) is 9.57 Å². The van der Waals surface area contributed by atoms with Crippen LogP contribution in [0, 0.1) is 0 Å². The highest BCUT2D eigenvalue weighted by Crippen LogP contribution is 2.34. The number of aliphatic hydroxyl groups excluding tert-OH is 3. The number of carbonyl (C=O) groups is 1. The van der Waals surface area contributed by atoms with E-state index in [0.29, 0.717) is 13.0 Å². The van der Waals surface area contributed by atoms with E-state index in [9.17, 15) is 25.2 Å². The summed E-state index contributed by atoms with van der Waals surface area (Å²) in [7, 11) is 3.50. The third kappa shape index (κ3) is 4.97. The molecule has 0 bridgehead atoms. The van der Waals surface area contributed by atoms with Gasteiger partial charge < -0.3 is 25.2 Å². The number of aliphatic hydroxyl groups is 3. The van der Waals surface area contributed by atoms with Crippen molar-refractivity contribution in [2.45, 2.75) is 37.1 Å². The van der Waals surface area contributed by atoms with Crippen molar-refractivity contribution in [2.75, 3.05) is 20.6 Å². The summed E-state index contributed by atoms with van der Waals surface area (Å²) in [6, 6.07) is 16.4. The molecule has 5 atom stereocenters. The maximum Gasteiger partial charge on any atom is 0.335 e. The topological polar surface area (TPSA) is 116 Å². The van der Waals surface area contributed by atoms with Gasteiger partial charge >= 0.3 is 5.97 Å². The molecule has 0 radical (unpaired) electrons. The zero-order chi connectivity index (χ0) is 24.5. The Labute approximate surface area is 198 Å². The molecule has 34 heavy (non-hydrogen) atoms. The molecule has 8 nitrogen and oxygen atoms in total. The summed E-state index contributed by atoms with van der Waals surface area (Å²) in [5, 5.41) is 39.4. The molecule has 2 aromatic rings. The van der Waals surface area contributed by atoms with Gasteiger partial charge in [-0.05, 0) is 27.8 Å². The minimum Gasteiger partial charge on any atom is -0.479 e. The van der Waals surface area contributed by atoms with Crippen LogP contribution < -0.4 is 0 Å². The minimum atomic E-state index is -1.75. The lowest BCUT2D eigenvalue weighted by molar-refractivity contribution is -1.09. The van der Waals surface area contributed by atoms with E-state index in [2.05, 4.69) is 42.5 Å². The molecule has 1 aliphatic heterocycles. The van der Waals surface area contributed by atoms with Crippen LogP contribution in [-0.2, 0) is 14.4 Å². The van der Waals surface area contributed by atoms with E-state index >= 15 is 0 Å². The summed E-state index contributed by atoms with van der Waals surface area (Å²) >= 11 is 0. The van der Waals surface area contributed by atoms with E-state index in [0.717, 1.165) is 27.8 Å². The van der Waals surface area contributed by atoms with Gasteiger partial charge in [-0.15, -0.1) is 0 Å². The van der Waals surface area contributed by atoms with Crippen LogP contribution in [0.2, 0.25) is 0 Å². The Bertz CT molecular complexity index is 1060. The van der Waals surface area contributed by atoms with Crippen LogP contribution in [0.1, 0.15) is 28.7 Å². The van der Waals surface area contributed by atoms with Crippen LogP contribution in [0.3, 0.4) is 0 Å². The van der Waals surface area contributed by atoms with Gasteiger partial charge in [0.1, 0.15) is 24.9 Å². The number of nitrogens with zero attached hydrogens (tertiary/aromatic N) is 1. The lowest BCUT2D eigenvalue weighted by Crippen LogP contribution is -2.62. The number of rotatable bonds is 6. The highest BCUT2D eigenvalue weighted by atomic mass is 16.8. The van der Waals surface area contributed by atoms with Crippen molar-refractivity contribution >= 4 is 23.7 Å². The van der Waals surface area contributed by atoms with E-state index in [1.54, 1.807) is 14.1 Å². The molecule has 0 spiro atoms. The lowest BCUT2D eigenvalue weighted by Gasteiger charge is -2.40. The molecule has 1 unspecified atom stereocenters. The first-order valence-electron chi connectivity index (χ1n) is 11.2. The second-order valence-electron chi connectivity index (χ2n) is 9.05. The normalized spacial score (nSPS) is 26.4. The van der Waals surface area contributed by atoms with Crippen molar-refractivity contribution in [1.29, 1.82) is 0 Å². The minimum absolute atomic E-state index is 0.0673. The zero-order valence-electron chi connectivity index (χ0n) is 19.1. The molecule has 4 N–H and O–H groups in total. The first-order valence-corrected chi connectivity index (χ1v) is 11.2. The van der Waals surface area contributed by atoms with Gasteiger partial charge in [0.2, 0.25) is 6.29 Å². The summed E-state index contributed by atoms with van der Waals surface area (Å²) in [6.45, 7) is 0.476. The van der Waals surface area contributed by atoms with E-state index in [1.165, 1.54) is 0 Å². The van der Waals surface area contributed by atoms with Crippen LogP contribution in [-0.4, -0.2) is 82.4 Å². The monoisotopic (exact) mass is 468 g/mol. The quantitative estimate of drug-likeness (QED) is 0.323. The lowest BCUT2D eigenvalue weighted by atomic mass is 9.93. The SMILES string of the molecule is C[N+](C)(CCC=C1c2ccccc2C=Cc2ccccc21)OC1O[C@H](C(=O)O)[C@@H](O)[C@H](O)[C@H]1O. The number of hydrogen-bond acceptors (Lipinski definition) is 6. The molecule has 1 saturated heterocycles. The number of benzene rings is 2. The Hall–Kier alpha value is -2.85. The van der Waals surface area contributed by atoms with Crippen molar-refractivity contribution in [2.24, 2.45) is 0 Å². The Balaban J connectivity index is 1.52. The molecular formula is C26H30NO7+. The van der Waals surface area contributed by atoms with E-state index < -0.39 is 36.7 Å². The third-order valence-corrected chi connectivity index (χ3v) is 6.16. The second kappa shape index (κ2) is 9.79. The largest absolute Gasteiger partial charge is 0.479 e. The van der Waals surface area contributed by atoms with Crippen molar-refractivity contribution in [1.82, 2.24) is 0 Å². The number of carboxylic acids is 1. The summed E-state index contributed by atoms with van der Waals surface area (Å²) in [5.41, 5.74) is 5.61. The number of hydroxylamine groups is 3. The number of ether oxygens (including phenoxy) is 1. The summed E-state index contributed by atoms with van der Waals surface area (Å²) in [4.78, 5) is 17.2. The molecule has 2 aliphatic rings. The summed E-state index contributed by atoms with van der Waals surface area (Å²) < 4.78 is 5.20. The molecule has 1 heterocycles. The fourth-order valence-corrected chi connectivity index (χ4v) is 4.31. The fourth-order valence-electron chi connectivity index (χ4n) is 4.31. The van der Waals surface area contributed by atoms with Gasteiger partial charge in [-0.1, -0.05) is 66.8 Å². The van der Waals surface area contributed by atoms with Crippen molar-refractivity contribution in [3.8, 4) is 0 Å². The first kappa shape index (κ1) is 24.3. The average Bonchev–Trinajstić information content (AvgIpc) is 2.96. The van der Waals surface area contributed by atoms with E-state index in [-0.39, 0.29) is 4.65 Å².